The minimum Gasteiger partial charge on any atom is -0.497 e. The van der Waals surface area contributed by atoms with Gasteiger partial charge in [-0.05, 0) is 42.3 Å². The van der Waals surface area contributed by atoms with Crippen LogP contribution in [0.4, 0.5) is 0 Å². The van der Waals surface area contributed by atoms with Crippen LogP contribution in [0, 0.1) is 0 Å². The van der Waals surface area contributed by atoms with E-state index in [0.717, 1.165) is 17.1 Å². The molecule has 1 amide bonds. The maximum atomic E-state index is 12.5. The molecular weight excluding hydrogens is 322 g/mol. The number of hydrogen-bond donors (Lipinski definition) is 1. The van der Waals surface area contributed by atoms with Crippen LogP contribution in [0.2, 0.25) is 0 Å². The Kier molecular flexibility index (Phi) is 6.51. The molecule has 0 radical (unpaired) electrons. The number of carbonyl (C=O) groups excluding carboxylic acids is 1. The van der Waals surface area contributed by atoms with E-state index in [1.54, 1.807) is 32.4 Å². The van der Waals surface area contributed by atoms with Gasteiger partial charge in [-0.3, -0.25) is 4.79 Å². The fourth-order valence-corrected chi connectivity index (χ4v) is 2.55. The molecule has 0 heterocycles. The second kappa shape index (κ2) is 8.82. The Bertz CT molecular complexity index is 707. The lowest BCUT2D eigenvalue weighted by molar-refractivity contribution is 0.0948. The second-order valence-corrected chi connectivity index (χ2v) is 5.22. The number of methoxy groups -OCH3 is 4. The molecule has 0 aliphatic heterocycles. The molecule has 0 atom stereocenters. The minimum atomic E-state index is -0.254. The van der Waals surface area contributed by atoms with E-state index in [4.69, 9.17) is 18.9 Å². The molecule has 0 unspecified atom stereocenters. The molecule has 0 saturated heterocycles. The first-order chi connectivity index (χ1) is 12.1. The van der Waals surface area contributed by atoms with E-state index in [0.29, 0.717) is 30.0 Å². The zero-order chi connectivity index (χ0) is 18.2. The smallest absolute Gasteiger partial charge is 0.258 e. The monoisotopic (exact) mass is 345 g/mol. The van der Waals surface area contributed by atoms with E-state index < -0.39 is 0 Å². The quantitative estimate of drug-likeness (QED) is 0.797. The van der Waals surface area contributed by atoms with Gasteiger partial charge in [-0.1, -0.05) is 6.07 Å². The maximum absolute atomic E-state index is 12.5. The highest BCUT2D eigenvalue weighted by Gasteiger charge is 2.17. The van der Waals surface area contributed by atoms with E-state index in [2.05, 4.69) is 5.32 Å². The number of ether oxygens (including phenoxy) is 4. The molecule has 6 heteroatoms. The molecule has 0 fully saturated rings. The van der Waals surface area contributed by atoms with Gasteiger partial charge in [0.2, 0.25) is 0 Å². The van der Waals surface area contributed by atoms with E-state index in [1.165, 1.54) is 14.2 Å². The molecule has 0 aliphatic carbocycles. The van der Waals surface area contributed by atoms with Crippen molar-refractivity contribution in [3.63, 3.8) is 0 Å². The summed E-state index contributed by atoms with van der Waals surface area (Å²) in [7, 11) is 6.27. The SMILES string of the molecule is COc1ccc(OC)c(CCNC(=O)c2c(OC)cccc2OC)c1. The van der Waals surface area contributed by atoms with Crippen LogP contribution in [0.3, 0.4) is 0 Å². The molecule has 2 rings (SSSR count). The Hall–Kier alpha value is -2.89. The molecule has 2 aromatic rings. The molecule has 0 saturated carbocycles. The van der Waals surface area contributed by atoms with Gasteiger partial charge in [0, 0.05) is 6.54 Å². The van der Waals surface area contributed by atoms with Gasteiger partial charge in [0.05, 0.1) is 28.4 Å². The third kappa shape index (κ3) is 4.35. The normalized spacial score (nSPS) is 10.1. The van der Waals surface area contributed by atoms with Gasteiger partial charge in [0.25, 0.3) is 5.91 Å². The summed E-state index contributed by atoms with van der Waals surface area (Å²) in [5, 5.41) is 2.89. The fourth-order valence-electron chi connectivity index (χ4n) is 2.55. The van der Waals surface area contributed by atoms with Crippen LogP contribution in [-0.2, 0) is 6.42 Å². The van der Waals surface area contributed by atoms with Crippen LogP contribution in [0.25, 0.3) is 0 Å². The first kappa shape index (κ1) is 18.4. The van der Waals surface area contributed by atoms with Crippen molar-refractivity contribution in [3.05, 3.63) is 47.5 Å². The van der Waals surface area contributed by atoms with Crippen LogP contribution in [0.15, 0.2) is 36.4 Å². The van der Waals surface area contributed by atoms with Gasteiger partial charge in [-0.25, -0.2) is 0 Å². The molecule has 6 nitrogen and oxygen atoms in total. The number of nitrogens with one attached hydrogen (secondary N) is 1. The largest absolute Gasteiger partial charge is 0.497 e. The van der Waals surface area contributed by atoms with Crippen LogP contribution in [0.5, 0.6) is 23.0 Å². The number of amides is 1. The number of benzene rings is 2. The van der Waals surface area contributed by atoms with E-state index in [9.17, 15) is 4.79 Å². The van der Waals surface area contributed by atoms with Crippen LogP contribution in [-0.4, -0.2) is 40.9 Å². The highest BCUT2D eigenvalue weighted by molar-refractivity contribution is 5.99. The van der Waals surface area contributed by atoms with E-state index in [-0.39, 0.29) is 5.91 Å². The molecule has 134 valence electrons. The zero-order valence-corrected chi connectivity index (χ0v) is 14.9. The van der Waals surface area contributed by atoms with Gasteiger partial charge in [-0.15, -0.1) is 0 Å². The third-order valence-electron chi connectivity index (χ3n) is 3.82. The van der Waals surface area contributed by atoms with Gasteiger partial charge >= 0.3 is 0 Å². The Morgan fingerprint density at radius 2 is 1.52 bits per heavy atom. The lowest BCUT2D eigenvalue weighted by atomic mass is 10.1. The van der Waals surface area contributed by atoms with E-state index >= 15 is 0 Å². The fraction of sp³-hybridized carbons (Fsp3) is 0.316. The summed E-state index contributed by atoms with van der Waals surface area (Å²) in [5.74, 6) is 2.18. The first-order valence-electron chi connectivity index (χ1n) is 7.84. The van der Waals surface area contributed by atoms with Crippen molar-refractivity contribution >= 4 is 5.91 Å². The summed E-state index contributed by atoms with van der Waals surface area (Å²) in [5.41, 5.74) is 1.33. The molecule has 2 aromatic carbocycles. The van der Waals surface area contributed by atoms with Gasteiger partial charge in [-0.2, -0.15) is 0 Å². The summed E-state index contributed by atoms with van der Waals surface area (Å²) in [6.07, 6.45) is 0.601. The summed E-state index contributed by atoms with van der Waals surface area (Å²) < 4.78 is 21.1. The summed E-state index contributed by atoms with van der Waals surface area (Å²) in [4.78, 5) is 12.5. The van der Waals surface area contributed by atoms with E-state index in [1.807, 2.05) is 18.2 Å². The predicted octanol–water partition coefficient (Wildman–Crippen LogP) is 2.69. The summed E-state index contributed by atoms with van der Waals surface area (Å²) in [6, 6.07) is 10.8. The zero-order valence-electron chi connectivity index (χ0n) is 14.9. The molecule has 0 aromatic heterocycles. The minimum absolute atomic E-state index is 0.254. The molecular formula is C19H23NO5. The Labute approximate surface area is 147 Å². The Morgan fingerprint density at radius 1 is 0.880 bits per heavy atom. The van der Waals surface area contributed by atoms with Crippen molar-refractivity contribution in [2.24, 2.45) is 0 Å². The summed E-state index contributed by atoms with van der Waals surface area (Å²) in [6.45, 7) is 0.434. The van der Waals surface area contributed by atoms with Crippen molar-refractivity contribution in [2.75, 3.05) is 35.0 Å². The molecule has 0 bridgehead atoms. The van der Waals surface area contributed by atoms with Crippen LogP contribution >= 0.6 is 0 Å². The van der Waals surface area contributed by atoms with Crippen molar-refractivity contribution in [1.29, 1.82) is 0 Å². The number of carbonyl (C=O) groups is 1. The molecule has 1 N–H and O–H groups in total. The average molecular weight is 345 g/mol. The van der Waals surface area contributed by atoms with Gasteiger partial charge in [0.15, 0.2) is 0 Å². The highest BCUT2D eigenvalue weighted by Crippen LogP contribution is 2.28. The second-order valence-electron chi connectivity index (χ2n) is 5.22. The standard InChI is InChI=1S/C19H23NO5/c1-22-14-8-9-15(23-2)13(12-14)10-11-20-19(21)18-16(24-3)6-5-7-17(18)25-4/h5-9,12H,10-11H2,1-4H3,(H,20,21). The lowest BCUT2D eigenvalue weighted by Gasteiger charge is -2.14. The lowest BCUT2D eigenvalue weighted by Crippen LogP contribution is -2.26. The molecule has 0 spiro atoms. The first-order valence-corrected chi connectivity index (χ1v) is 7.84. The number of hydrogen-bond acceptors (Lipinski definition) is 5. The predicted molar refractivity (Wildman–Crippen MR) is 95.1 cm³/mol. The van der Waals surface area contributed by atoms with Gasteiger partial charge < -0.3 is 24.3 Å². The highest BCUT2D eigenvalue weighted by atomic mass is 16.5. The van der Waals surface area contributed by atoms with Crippen LogP contribution in [0.1, 0.15) is 15.9 Å². The Morgan fingerprint density at radius 3 is 2.08 bits per heavy atom. The molecule has 0 aliphatic rings. The average Bonchev–Trinajstić information content (AvgIpc) is 2.66. The Balaban J connectivity index is 2.09. The van der Waals surface area contributed by atoms with Crippen molar-refractivity contribution in [2.45, 2.75) is 6.42 Å². The molecule has 25 heavy (non-hydrogen) atoms. The van der Waals surface area contributed by atoms with Crippen LogP contribution < -0.4 is 24.3 Å². The number of rotatable bonds is 8. The van der Waals surface area contributed by atoms with Gasteiger partial charge in [0.1, 0.15) is 28.6 Å². The van der Waals surface area contributed by atoms with Crippen molar-refractivity contribution in [1.82, 2.24) is 5.32 Å². The topological polar surface area (TPSA) is 66.0 Å². The third-order valence-corrected chi connectivity index (χ3v) is 3.82. The summed E-state index contributed by atoms with van der Waals surface area (Å²) >= 11 is 0. The van der Waals surface area contributed by atoms with Crippen molar-refractivity contribution < 1.29 is 23.7 Å². The maximum Gasteiger partial charge on any atom is 0.258 e. The van der Waals surface area contributed by atoms with Crippen molar-refractivity contribution in [3.8, 4) is 23.0 Å².